The highest BCUT2D eigenvalue weighted by Gasteiger charge is 2.23. The maximum atomic E-state index is 4.11. The molecule has 6 nitrogen and oxygen atoms in total. The van der Waals surface area contributed by atoms with Gasteiger partial charge in [-0.2, -0.15) is 4.52 Å². The number of fused-ring (bicyclic) bond motifs is 1. The van der Waals surface area contributed by atoms with Crippen LogP contribution >= 0.6 is 0 Å². The predicted octanol–water partition coefficient (Wildman–Crippen LogP) is 1.12. The number of hydrogen-bond acceptors (Lipinski definition) is 5. The highest BCUT2D eigenvalue weighted by molar-refractivity contribution is 5.44. The fourth-order valence-electron chi connectivity index (χ4n) is 1.94. The summed E-state index contributed by atoms with van der Waals surface area (Å²) in [6, 6.07) is 0.434. The Labute approximate surface area is 93.1 Å². The van der Waals surface area contributed by atoms with Crippen LogP contribution in [0.2, 0.25) is 0 Å². The van der Waals surface area contributed by atoms with E-state index in [0.29, 0.717) is 11.7 Å². The van der Waals surface area contributed by atoms with Gasteiger partial charge in [-0.05, 0) is 29.7 Å². The molecular weight excluding hydrogens is 204 g/mol. The summed E-state index contributed by atoms with van der Waals surface area (Å²) in [5, 5.41) is 14.8. The summed E-state index contributed by atoms with van der Waals surface area (Å²) in [5.74, 6) is 1.76. The van der Waals surface area contributed by atoms with Crippen molar-refractivity contribution in [1.29, 1.82) is 0 Å². The number of aromatic nitrogens is 5. The van der Waals surface area contributed by atoms with Crippen molar-refractivity contribution in [3.05, 3.63) is 12.4 Å². The fourth-order valence-corrected chi connectivity index (χ4v) is 1.94. The first-order valence-electron chi connectivity index (χ1n) is 5.61. The Morgan fingerprint density at radius 2 is 2.38 bits per heavy atom. The van der Waals surface area contributed by atoms with E-state index >= 15 is 0 Å². The van der Waals surface area contributed by atoms with Crippen LogP contribution in [-0.4, -0.2) is 31.1 Å². The summed E-state index contributed by atoms with van der Waals surface area (Å²) < 4.78 is 1.68. The Morgan fingerprint density at radius 3 is 3.19 bits per heavy atom. The van der Waals surface area contributed by atoms with Gasteiger partial charge in [0.25, 0.3) is 0 Å². The maximum absolute atomic E-state index is 4.11. The van der Waals surface area contributed by atoms with E-state index in [2.05, 4.69) is 32.7 Å². The molecule has 0 aromatic carbocycles. The molecule has 6 heteroatoms. The van der Waals surface area contributed by atoms with E-state index in [-0.39, 0.29) is 0 Å². The molecule has 0 bridgehead atoms. The van der Waals surface area contributed by atoms with Crippen LogP contribution in [0.3, 0.4) is 0 Å². The lowest BCUT2D eigenvalue weighted by Crippen LogP contribution is -2.18. The van der Waals surface area contributed by atoms with Crippen molar-refractivity contribution in [2.24, 2.45) is 5.92 Å². The molecule has 1 aliphatic rings. The van der Waals surface area contributed by atoms with Gasteiger partial charge in [0.1, 0.15) is 0 Å². The van der Waals surface area contributed by atoms with Gasteiger partial charge in [-0.1, -0.05) is 12.8 Å². The summed E-state index contributed by atoms with van der Waals surface area (Å²) in [6.07, 6.45) is 7.36. The summed E-state index contributed by atoms with van der Waals surface area (Å²) in [6.45, 7) is 2.18. The van der Waals surface area contributed by atoms with Crippen LogP contribution in [0.4, 0.5) is 5.82 Å². The lowest BCUT2D eigenvalue weighted by molar-refractivity contribution is 0.635. The van der Waals surface area contributed by atoms with Crippen LogP contribution in [0.25, 0.3) is 5.65 Å². The zero-order valence-corrected chi connectivity index (χ0v) is 9.17. The minimum absolute atomic E-state index is 0.434. The van der Waals surface area contributed by atoms with Crippen molar-refractivity contribution < 1.29 is 0 Å². The second-order valence-corrected chi connectivity index (χ2v) is 4.47. The number of tetrazole rings is 1. The number of nitrogens with one attached hydrogen (secondary N) is 1. The first-order valence-corrected chi connectivity index (χ1v) is 5.61. The van der Waals surface area contributed by atoms with Crippen molar-refractivity contribution >= 4 is 11.5 Å². The van der Waals surface area contributed by atoms with E-state index in [1.165, 1.54) is 19.3 Å². The second kappa shape index (κ2) is 3.70. The quantitative estimate of drug-likeness (QED) is 0.832. The lowest BCUT2D eigenvalue weighted by Gasteiger charge is -2.14. The summed E-state index contributed by atoms with van der Waals surface area (Å²) in [7, 11) is 0. The summed E-state index contributed by atoms with van der Waals surface area (Å²) in [5.41, 5.74) is 0.670. The van der Waals surface area contributed by atoms with E-state index < -0.39 is 0 Å². The molecule has 16 heavy (non-hydrogen) atoms. The minimum atomic E-state index is 0.434. The molecule has 1 saturated carbocycles. The van der Waals surface area contributed by atoms with E-state index in [1.54, 1.807) is 16.9 Å². The first-order chi connectivity index (χ1) is 7.83. The van der Waals surface area contributed by atoms with Crippen LogP contribution in [0.5, 0.6) is 0 Å². The van der Waals surface area contributed by atoms with Crippen molar-refractivity contribution in [3.63, 3.8) is 0 Å². The van der Waals surface area contributed by atoms with Gasteiger partial charge in [-0.25, -0.2) is 0 Å². The van der Waals surface area contributed by atoms with E-state index in [4.69, 9.17) is 0 Å². The molecule has 1 aliphatic carbocycles. The molecular formula is C10H14N6. The molecule has 0 radical (unpaired) electrons. The van der Waals surface area contributed by atoms with Crippen molar-refractivity contribution in [2.75, 3.05) is 5.32 Å². The van der Waals surface area contributed by atoms with Gasteiger partial charge >= 0.3 is 0 Å². The molecule has 2 aromatic rings. The summed E-state index contributed by atoms with van der Waals surface area (Å²) in [4.78, 5) is 4.11. The third-order valence-electron chi connectivity index (χ3n) is 2.89. The standard InChI is InChI=1S/C10H14N6/c1-7(4-8-2-3-8)12-9-5-11-6-10-13-14-15-16(9)10/h5-8,12H,2-4H2,1H3. The highest BCUT2D eigenvalue weighted by atomic mass is 15.5. The molecule has 1 fully saturated rings. The van der Waals surface area contributed by atoms with E-state index in [9.17, 15) is 0 Å². The van der Waals surface area contributed by atoms with Crippen molar-refractivity contribution in [3.8, 4) is 0 Å². The molecule has 1 unspecified atom stereocenters. The van der Waals surface area contributed by atoms with Gasteiger partial charge in [0.05, 0.1) is 12.4 Å². The largest absolute Gasteiger partial charge is 0.366 e. The molecule has 2 aromatic heterocycles. The number of hydrogen-bond donors (Lipinski definition) is 1. The van der Waals surface area contributed by atoms with Crippen molar-refractivity contribution in [1.82, 2.24) is 25.0 Å². The topological polar surface area (TPSA) is 68.0 Å². The Morgan fingerprint density at radius 1 is 1.50 bits per heavy atom. The Kier molecular flexibility index (Phi) is 2.19. The SMILES string of the molecule is CC(CC1CC1)Nc1cncc2nnnn12. The number of nitrogens with zero attached hydrogens (tertiary/aromatic N) is 5. The minimum Gasteiger partial charge on any atom is -0.366 e. The van der Waals surface area contributed by atoms with Gasteiger partial charge in [0.15, 0.2) is 11.5 Å². The Balaban J connectivity index is 1.79. The Bertz CT molecular complexity index is 489. The van der Waals surface area contributed by atoms with Crippen molar-refractivity contribution in [2.45, 2.75) is 32.2 Å². The predicted molar refractivity (Wildman–Crippen MR) is 59.0 cm³/mol. The smallest absolute Gasteiger partial charge is 0.199 e. The summed E-state index contributed by atoms with van der Waals surface area (Å²) >= 11 is 0. The Hall–Kier alpha value is -1.72. The lowest BCUT2D eigenvalue weighted by atomic mass is 10.1. The molecule has 1 atom stereocenters. The van der Waals surface area contributed by atoms with Gasteiger partial charge in [-0.15, -0.1) is 5.10 Å². The third-order valence-corrected chi connectivity index (χ3v) is 2.89. The first kappa shape index (κ1) is 9.50. The van der Waals surface area contributed by atoms with Gasteiger partial charge in [-0.3, -0.25) is 4.98 Å². The van der Waals surface area contributed by atoms with Crippen LogP contribution in [0, 0.1) is 5.92 Å². The zero-order chi connectivity index (χ0) is 11.0. The number of anilines is 1. The molecule has 1 N–H and O–H groups in total. The fraction of sp³-hybridized carbons (Fsp3) is 0.600. The zero-order valence-electron chi connectivity index (χ0n) is 9.17. The number of rotatable bonds is 4. The monoisotopic (exact) mass is 218 g/mol. The molecule has 2 heterocycles. The average molecular weight is 218 g/mol. The van der Waals surface area contributed by atoms with Gasteiger partial charge in [0.2, 0.25) is 0 Å². The average Bonchev–Trinajstić information content (AvgIpc) is 2.94. The highest BCUT2D eigenvalue weighted by Crippen LogP contribution is 2.33. The van der Waals surface area contributed by atoms with Crippen LogP contribution < -0.4 is 5.32 Å². The normalized spacial score (nSPS) is 17.6. The molecule has 3 rings (SSSR count). The maximum Gasteiger partial charge on any atom is 0.199 e. The molecule has 0 spiro atoms. The molecule has 0 aliphatic heterocycles. The molecule has 0 amide bonds. The van der Waals surface area contributed by atoms with Gasteiger partial charge in [0, 0.05) is 6.04 Å². The second-order valence-electron chi connectivity index (χ2n) is 4.47. The van der Waals surface area contributed by atoms with E-state index in [1.807, 2.05) is 0 Å². The van der Waals surface area contributed by atoms with Crippen LogP contribution in [-0.2, 0) is 0 Å². The van der Waals surface area contributed by atoms with Crippen LogP contribution in [0.1, 0.15) is 26.2 Å². The van der Waals surface area contributed by atoms with E-state index in [0.717, 1.165) is 11.7 Å². The third kappa shape index (κ3) is 1.82. The molecule has 84 valence electrons. The van der Waals surface area contributed by atoms with Gasteiger partial charge < -0.3 is 5.32 Å². The molecule has 0 saturated heterocycles. The van der Waals surface area contributed by atoms with Crippen LogP contribution in [0.15, 0.2) is 12.4 Å².